The summed E-state index contributed by atoms with van der Waals surface area (Å²) in [6.45, 7) is 4.86. The van der Waals surface area contributed by atoms with E-state index < -0.39 is 0 Å². The number of benzene rings is 2. The maximum Gasteiger partial charge on any atom is 0.337 e. The van der Waals surface area contributed by atoms with E-state index in [2.05, 4.69) is 66.4 Å². The maximum atomic E-state index is 11.9. The number of ether oxygens (including phenoxy) is 3. The van der Waals surface area contributed by atoms with Gasteiger partial charge in [-0.2, -0.15) is 0 Å². The largest absolute Gasteiger partial charge is 0.469 e. The molecule has 0 bridgehead atoms. The van der Waals surface area contributed by atoms with Gasteiger partial charge >= 0.3 is 11.9 Å². The molecule has 7 heteroatoms. The Hall–Kier alpha value is -3.52. The number of methoxy groups -OCH3 is 2. The average Bonchev–Trinajstić information content (AvgIpc) is 3.50. The first-order valence-electron chi connectivity index (χ1n) is 15.5. The number of nitrogens with zero attached hydrogens (tertiary/aromatic N) is 1. The first-order valence-corrected chi connectivity index (χ1v) is 16.3. The van der Waals surface area contributed by atoms with Crippen molar-refractivity contribution in [2.75, 3.05) is 27.3 Å². The second-order valence-corrected chi connectivity index (χ2v) is 12.6. The van der Waals surface area contributed by atoms with Crippen molar-refractivity contribution in [3.8, 4) is 0 Å². The summed E-state index contributed by atoms with van der Waals surface area (Å²) in [6.07, 6.45) is 13.1. The number of hydrogen-bond donors (Lipinski definition) is 0. The third-order valence-corrected chi connectivity index (χ3v) is 9.02. The SMILES string of the molecule is COC(=O)CCCCN(Cc1ccc(C(=O)OC)cc1)CC(OCc1ccc(CCC2=CC=CCC2)cc1)c1ccc(C)s1. The Kier molecular flexibility index (Phi) is 13.4. The molecule has 1 unspecified atom stereocenters. The van der Waals surface area contributed by atoms with Crippen molar-refractivity contribution >= 4 is 23.3 Å². The molecule has 0 amide bonds. The van der Waals surface area contributed by atoms with Gasteiger partial charge in [-0.15, -0.1) is 11.3 Å². The van der Waals surface area contributed by atoms with Crippen LogP contribution in [0.1, 0.15) is 81.4 Å². The highest BCUT2D eigenvalue weighted by Crippen LogP contribution is 2.29. The smallest absolute Gasteiger partial charge is 0.337 e. The van der Waals surface area contributed by atoms with Crippen molar-refractivity contribution in [2.45, 2.75) is 71.1 Å². The van der Waals surface area contributed by atoms with Gasteiger partial charge in [-0.25, -0.2) is 4.79 Å². The highest BCUT2D eigenvalue weighted by molar-refractivity contribution is 7.12. The first kappa shape index (κ1) is 33.4. The first-order chi connectivity index (χ1) is 21.4. The van der Waals surface area contributed by atoms with Crippen molar-refractivity contribution in [3.63, 3.8) is 0 Å². The van der Waals surface area contributed by atoms with E-state index >= 15 is 0 Å². The van der Waals surface area contributed by atoms with Crippen LogP contribution >= 0.6 is 11.3 Å². The number of carbonyl (C=O) groups is 2. The Morgan fingerprint density at radius 2 is 1.64 bits per heavy atom. The number of unbranched alkanes of at least 4 members (excludes halogenated alkanes) is 1. The fourth-order valence-electron chi connectivity index (χ4n) is 5.31. The molecular weight excluding hydrogens is 570 g/mol. The van der Waals surface area contributed by atoms with Gasteiger partial charge in [0.05, 0.1) is 26.4 Å². The summed E-state index contributed by atoms with van der Waals surface area (Å²) in [5, 5.41) is 0. The van der Waals surface area contributed by atoms with Gasteiger partial charge in [0.25, 0.3) is 0 Å². The number of rotatable bonds is 17. The lowest BCUT2D eigenvalue weighted by molar-refractivity contribution is -0.140. The molecule has 0 N–H and O–H groups in total. The third kappa shape index (κ3) is 10.9. The van der Waals surface area contributed by atoms with Crippen LogP contribution in [0.3, 0.4) is 0 Å². The summed E-state index contributed by atoms with van der Waals surface area (Å²) in [6, 6.07) is 20.7. The van der Waals surface area contributed by atoms with Gasteiger partial charge in [-0.3, -0.25) is 9.69 Å². The minimum atomic E-state index is -0.343. The molecule has 0 fully saturated rings. The standard InChI is InChI=1S/C37H45NO5S/c1-28-12-23-35(44-28)34(43-27-32-17-15-30(16-18-32)14-13-29-9-5-4-6-10-29)26-38(24-8-7-11-36(39)41-2)25-31-19-21-33(22-20-31)37(40)42-3/h4-5,9,12,15-23,34H,6-8,10-11,13-14,24-27H2,1-3H3. The normalized spacial score (nSPS) is 13.5. The predicted octanol–water partition coefficient (Wildman–Crippen LogP) is 8.16. The van der Waals surface area contributed by atoms with Crippen molar-refractivity contribution in [1.29, 1.82) is 0 Å². The molecule has 1 aliphatic carbocycles. The molecule has 0 radical (unpaired) electrons. The van der Waals surface area contributed by atoms with Crippen LogP contribution in [0.2, 0.25) is 0 Å². The molecule has 1 atom stereocenters. The number of hydrogen-bond acceptors (Lipinski definition) is 7. The molecule has 6 nitrogen and oxygen atoms in total. The quantitative estimate of drug-likeness (QED) is 0.113. The summed E-state index contributed by atoms with van der Waals surface area (Å²) in [7, 11) is 2.82. The maximum absolute atomic E-state index is 11.9. The molecule has 1 heterocycles. The molecule has 3 aromatic rings. The summed E-state index contributed by atoms with van der Waals surface area (Å²) >= 11 is 1.77. The molecule has 0 spiro atoms. The number of esters is 2. The van der Waals surface area contributed by atoms with Gasteiger partial charge in [-0.05, 0) is 92.9 Å². The summed E-state index contributed by atoms with van der Waals surface area (Å²) < 4.78 is 16.3. The van der Waals surface area contributed by atoms with Crippen molar-refractivity contribution in [2.24, 2.45) is 0 Å². The van der Waals surface area contributed by atoms with E-state index in [-0.39, 0.29) is 18.0 Å². The topological polar surface area (TPSA) is 65.1 Å². The van der Waals surface area contributed by atoms with E-state index in [1.807, 2.05) is 12.1 Å². The van der Waals surface area contributed by atoms with Crippen LogP contribution in [-0.2, 0) is 38.6 Å². The van der Waals surface area contributed by atoms with Crippen LogP contribution in [-0.4, -0.2) is 44.1 Å². The number of carbonyl (C=O) groups excluding carboxylic acids is 2. The molecule has 0 aliphatic heterocycles. The minimum Gasteiger partial charge on any atom is -0.469 e. The zero-order chi connectivity index (χ0) is 31.1. The molecule has 44 heavy (non-hydrogen) atoms. The van der Waals surface area contributed by atoms with E-state index in [1.165, 1.54) is 41.5 Å². The summed E-state index contributed by atoms with van der Waals surface area (Å²) in [5.74, 6) is -0.524. The third-order valence-electron chi connectivity index (χ3n) is 7.93. The van der Waals surface area contributed by atoms with Crippen LogP contribution < -0.4 is 0 Å². The minimum absolute atomic E-state index is 0.102. The van der Waals surface area contributed by atoms with E-state index in [0.717, 1.165) is 49.8 Å². The van der Waals surface area contributed by atoms with Crippen molar-refractivity contribution in [3.05, 3.63) is 116 Å². The van der Waals surface area contributed by atoms with Gasteiger partial charge in [0.2, 0.25) is 0 Å². The summed E-state index contributed by atoms with van der Waals surface area (Å²) in [5.41, 5.74) is 5.68. The second-order valence-electron chi connectivity index (χ2n) is 11.3. The lowest BCUT2D eigenvalue weighted by atomic mass is 9.97. The lowest BCUT2D eigenvalue weighted by Crippen LogP contribution is -2.30. The van der Waals surface area contributed by atoms with Gasteiger partial charge < -0.3 is 14.2 Å². The Morgan fingerprint density at radius 1 is 0.886 bits per heavy atom. The fraction of sp³-hybridized carbons (Fsp3) is 0.405. The molecule has 0 saturated heterocycles. The predicted molar refractivity (Wildman–Crippen MR) is 177 cm³/mol. The molecule has 1 aromatic heterocycles. The van der Waals surface area contributed by atoms with Crippen molar-refractivity contribution < 1.29 is 23.8 Å². The van der Waals surface area contributed by atoms with Crippen molar-refractivity contribution in [1.82, 2.24) is 4.90 Å². The van der Waals surface area contributed by atoms with Gasteiger partial charge in [0.15, 0.2) is 0 Å². The Balaban J connectivity index is 1.42. The monoisotopic (exact) mass is 615 g/mol. The van der Waals surface area contributed by atoms with Crippen LogP contribution in [0, 0.1) is 6.92 Å². The molecule has 1 aliphatic rings. The average molecular weight is 616 g/mol. The second kappa shape index (κ2) is 17.7. The van der Waals surface area contributed by atoms with E-state index in [1.54, 1.807) is 23.5 Å². The highest BCUT2D eigenvalue weighted by atomic mass is 32.1. The molecule has 2 aromatic carbocycles. The van der Waals surface area contributed by atoms with Crippen LogP contribution in [0.25, 0.3) is 0 Å². The number of allylic oxidation sites excluding steroid dienone is 4. The Labute approximate surface area is 266 Å². The molecule has 234 valence electrons. The van der Waals surface area contributed by atoms with E-state index in [9.17, 15) is 9.59 Å². The van der Waals surface area contributed by atoms with Crippen LogP contribution in [0.15, 0.2) is 84.5 Å². The molecule has 0 saturated carbocycles. The van der Waals surface area contributed by atoms with Crippen LogP contribution in [0.5, 0.6) is 0 Å². The molecule has 4 rings (SSSR count). The summed E-state index contributed by atoms with van der Waals surface area (Å²) in [4.78, 5) is 28.4. The Bertz CT molecular complexity index is 1390. The van der Waals surface area contributed by atoms with Gasteiger partial charge in [0, 0.05) is 29.3 Å². The fourth-order valence-corrected chi connectivity index (χ4v) is 6.23. The van der Waals surface area contributed by atoms with Gasteiger partial charge in [0.1, 0.15) is 6.10 Å². The zero-order valence-corrected chi connectivity index (χ0v) is 27.1. The van der Waals surface area contributed by atoms with Crippen LogP contribution in [0.4, 0.5) is 0 Å². The molecular formula is C37H45NO5S. The zero-order valence-electron chi connectivity index (χ0n) is 26.3. The number of thiophene rings is 1. The highest BCUT2D eigenvalue weighted by Gasteiger charge is 2.20. The lowest BCUT2D eigenvalue weighted by Gasteiger charge is -2.28. The van der Waals surface area contributed by atoms with Gasteiger partial charge in [-0.1, -0.05) is 60.2 Å². The number of aryl methyl sites for hydroxylation is 2. The Morgan fingerprint density at radius 3 is 2.30 bits per heavy atom. The van der Waals surface area contributed by atoms with E-state index in [0.29, 0.717) is 31.7 Å². The van der Waals surface area contributed by atoms with E-state index in [4.69, 9.17) is 14.2 Å².